The van der Waals surface area contributed by atoms with Crippen molar-refractivity contribution in [3.8, 4) is 5.75 Å². The number of nitrogens with two attached hydrogens (primary N) is 1. The average molecular weight is 299 g/mol. The van der Waals surface area contributed by atoms with Crippen molar-refractivity contribution in [3.63, 3.8) is 0 Å². The molecule has 1 atom stereocenters. The summed E-state index contributed by atoms with van der Waals surface area (Å²) in [7, 11) is 0. The molecule has 0 aliphatic rings. The number of benzene rings is 1. The maximum Gasteiger partial charge on any atom is 0.224 e. The number of nitrogens with one attached hydrogen (secondary N) is 1. The van der Waals surface area contributed by atoms with Gasteiger partial charge in [-0.05, 0) is 29.8 Å². The van der Waals surface area contributed by atoms with Crippen molar-refractivity contribution < 1.29 is 9.53 Å². The van der Waals surface area contributed by atoms with Gasteiger partial charge in [0.25, 0.3) is 0 Å². The van der Waals surface area contributed by atoms with Crippen molar-refractivity contribution in [3.05, 3.63) is 59.9 Å². The van der Waals surface area contributed by atoms with Gasteiger partial charge >= 0.3 is 0 Å². The first-order chi connectivity index (χ1) is 10.7. The van der Waals surface area contributed by atoms with E-state index < -0.39 is 0 Å². The van der Waals surface area contributed by atoms with Crippen LogP contribution in [-0.4, -0.2) is 17.4 Å². The third-order valence-electron chi connectivity index (χ3n) is 3.30. The minimum Gasteiger partial charge on any atom is -0.487 e. The Morgan fingerprint density at radius 1 is 1.27 bits per heavy atom. The summed E-state index contributed by atoms with van der Waals surface area (Å²) in [6.07, 6.45) is 1.74. The van der Waals surface area contributed by atoms with Crippen LogP contribution in [0.1, 0.15) is 18.2 Å². The van der Waals surface area contributed by atoms with E-state index in [0.717, 1.165) is 17.0 Å². The summed E-state index contributed by atoms with van der Waals surface area (Å²) >= 11 is 0. The third kappa shape index (κ3) is 4.86. The summed E-state index contributed by atoms with van der Waals surface area (Å²) in [6.45, 7) is 3.09. The monoisotopic (exact) mass is 299 g/mol. The summed E-state index contributed by atoms with van der Waals surface area (Å²) in [6, 6.07) is 13.4. The molecule has 0 fully saturated rings. The van der Waals surface area contributed by atoms with Crippen LogP contribution in [0.2, 0.25) is 0 Å². The number of hydrogen-bond acceptors (Lipinski definition) is 4. The second-order valence-electron chi connectivity index (χ2n) is 5.11. The molecule has 1 aromatic carbocycles. The summed E-state index contributed by atoms with van der Waals surface area (Å²) in [4.78, 5) is 15.9. The number of pyridine rings is 1. The Hall–Kier alpha value is -2.40. The van der Waals surface area contributed by atoms with Crippen molar-refractivity contribution in [1.82, 2.24) is 10.3 Å². The molecule has 1 aromatic heterocycles. The van der Waals surface area contributed by atoms with Crippen LogP contribution in [-0.2, 0) is 17.9 Å². The minimum absolute atomic E-state index is 0.0296. The second kappa shape index (κ2) is 8.14. The van der Waals surface area contributed by atoms with Gasteiger partial charge in [-0.2, -0.15) is 0 Å². The summed E-state index contributed by atoms with van der Waals surface area (Å²) < 4.78 is 5.66. The molecule has 1 heterocycles. The minimum atomic E-state index is -0.166. The third-order valence-corrected chi connectivity index (χ3v) is 3.30. The summed E-state index contributed by atoms with van der Waals surface area (Å²) in [5.74, 6) is 0.579. The van der Waals surface area contributed by atoms with Gasteiger partial charge < -0.3 is 15.8 Å². The average Bonchev–Trinajstić information content (AvgIpc) is 2.59. The van der Waals surface area contributed by atoms with Crippen LogP contribution in [0.3, 0.4) is 0 Å². The lowest BCUT2D eigenvalue weighted by Crippen LogP contribution is -2.32. The molecule has 0 bridgehead atoms. The zero-order valence-corrected chi connectivity index (χ0v) is 12.7. The summed E-state index contributed by atoms with van der Waals surface area (Å²) in [5.41, 5.74) is 7.36. The van der Waals surface area contributed by atoms with E-state index in [1.165, 1.54) is 0 Å². The lowest BCUT2D eigenvalue weighted by molar-refractivity contribution is -0.124. The normalized spacial score (nSPS) is 11.7. The topological polar surface area (TPSA) is 77.2 Å². The van der Waals surface area contributed by atoms with Crippen molar-refractivity contribution in [1.29, 1.82) is 0 Å². The molecule has 0 aliphatic heterocycles. The van der Waals surface area contributed by atoms with Crippen LogP contribution in [0, 0.1) is 5.92 Å². The van der Waals surface area contributed by atoms with Gasteiger partial charge in [0, 0.05) is 25.2 Å². The van der Waals surface area contributed by atoms with E-state index >= 15 is 0 Å². The van der Waals surface area contributed by atoms with Gasteiger partial charge in [-0.15, -0.1) is 0 Å². The molecule has 0 radical (unpaired) electrons. The van der Waals surface area contributed by atoms with Gasteiger partial charge in [0.1, 0.15) is 12.4 Å². The first-order valence-corrected chi connectivity index (χ1v) is 7.28. The molecule has 116 valence electrons. The number of hydrogen-bond donors (Lipinski definition) is 2. The zero-order valence-electron chi connectivity index (χ0n) is 12.7. The molecule has 3 N–H and O–H groups in total. The van der Waals surface area contributed by atoms with Crippen LogP contribution in [0.15, 0.2) is 48.7 Å². The predicted molar refractivity (Wildman–Crippen MR) is 85.1 cm³/mol. The van der Waals surface area contributed by atoms with Gasteiger partial charge in [-0.3, -0.25) is 9.78 Å². The molecule has 5 heteroatoms. The molecule has 2 rings (SSSR count). The van der Waals surface area contributed by atoms with Gasteiger partial charge in [-0.1, -0.05) is 25.1 Å². The van der Waals surface area contributed by atoms with Crippen LogP contribution in [0.25, 0.3) is 0 Å². The van der Waals surface area contributed by atoms with Crippen molar-refractivity contribution in [2.45, 2.75) is 20.1 Å². The summed E-state index contributed by atoms with van der Waals surface area (Å²) in [5, 5.41) is 2.86. The van der Waals surface area contributed by atoms with E-state index in [1.807, 2.05) is 49.4 Å². The highest BCUT2D eigenvalue weighted by atomic mass is 16.5. The fourth-order valence-electron chi connectivity index (χ4n) is 1.81. The van der Waals surface area contributed by atoms with E-state index in [-0.39, 0.29) is 11.8 Å². The van der Waals surface area contributed by atoms with E-state index in [1.54, 1.807) is 6.20 Å². The van der Waals surface area contributed by atoms with Crippen molar-refractivity contribution in [2.75, 3.05) is 6.54 Å². The number of carbonyl (C=O) groups is 1. The second-order valence-corrected chi connectivity index (χ2v) is 5.11. The smallest absolute Gasteiger partial charge is 0.224 e. The first kappa shape index (κ1) is 16.0. The van der Waals surface area contributed by atoms with Crippen LogP contribution in [0.4, 0.5) is 0 Å². The van der Waals surface area contributed by atoms with Crippen molar-refractivity contribution >= 4 is 5.91 Å². The molecule has 5 nitrogen and oxygen atoms in total. The van der Waals surface area contributed by atoms with Gasteiger partial charge in [-0.25, -0.2) is 0 Å². The Morgan fingerprint density at radius 3 is 2.68 bits per heavy atom. The molecular formula is C17H21N3O2. The number of nitrogens with zero attached hydrogens (tertiary/aromatic N) is 1. The molecule has 0 saturated heterocycles. The molecule has 0 aliphatic carbocycles. The van der Waals surface area contributed by atoms with Crippen LogP contribution < -0.4 is 15.8 Å². The highest BCUT2D eigenvalue weighted by molar-refractivity contribution is 5.78. The zero-order chi connectivity index (χ0) is 15.8. The van der Waals surface area contributed by atoms with E-state index in [4.69, 9.17) is 10.5 Å². The number of rotatable bonds is 7. The largest absolute Gasteiger partial charge is 0.487 e. The molecule has 0 saturated carbocycles. The Labute approximate surface area is 130 Å². The predicted octanol–water partition coefficient (Wildman–Crippen LogP) is 1.87. The van der Waals surface area contributed by atoms with Gasteiger partial charge in [0.05, 0.1) is 5.69 Å². The lowest BCUT2D eigenvalue weighted by Gasteiger charge is -2.10. The quantitative estimate of drug-likeness (QED) is 0.818. The van der Waals surface area contributed by atoms with Crippen molar-refractivity contribution in [2.24, 2.45) is 11.7 Å². The van der Waals surface area contributed by atoms with E-state index in [2.05, 4.69) is 10.3 Å². The number of amides is 1. The molecule has 1 amide bonds. The highest BCUT2D eigenvalue weighted by Gasteiger charge is 2.09. The molecule has 22 heavy (non-hydrogen) atoms. The van der Waals surface area contributed by atoms with Crippen LogP contribution in [0.5, 0.6) is 5.75 Å². The molecular weight excluding hydrogens is 278 g/mol. The Balaban J connectivity index is 1.81. The number of carbonyl (C=O) groups excluding carboxylic acids is 1. The van der Waals surface area contributed by atoms with E-state index in [0.29, 0.717) is 19.7 Å². The Kier molecular flexibility index (Phi) is 5.91. The van der Waals surface area contributed by atoms with Gasteiger partial charge in [0.15, 0.2) is 0 Å². The molecule has 1 unspecified atom stereocenters. The SMILES string of the molecule is CC(CN)C(=O)NCc1ccc(OCc2ccccn2)cc1. The van der Waals surface area contributed by atoms with E-state index in [9.17, 15) is 4.79 Å². The Bertz CT molecular complexity index is 585. The lowest BCUT2D eigenvalue weighted by atomic mass is 10.1. The fraction of sp³-hybridized carbons (Fsp3) is 0.294. The fourth-order valence-corrected chi connectivity index (χ4v) is 1.81. The Morgan fingerprint density at radius 2 is 2.05 bits per heavy atom. The standard InChI is InChI=1S/C17H21N3O2/c1-13(10-18)17(21)20-11-14-5-7-16(8-6-14)22-12-15-4-2-3-9-19-15/h2-9,13H,10-12,18H2,1H3,(H,20,21). The molecule has 2 aromatic rings. The maximum atomic E-state index is 11.7. The molecule has 0 spiro atoms. The maximum absolute atomic E-state index is 11.7. The number of ether oxygens (including phenoxy) is 1. The first-order valence-electron chi connectivity index (χ1n) is 7.28. The number of aromatic nitrogens is 1. The van der Waals surface area contributed by atoms with Crippen LogP contribution >= 0.6 is 0 Å². The highest BCUT2D eigenvalue weighted by Crippen LogP contribution is 2.13. The van der Waals surface area contributed by atoms with Gasteiger partial charge in [0.2, 0.25) is 5.91 Å².